The van der Waals surface area contributed by atoms with Gasteiger partial charge < -0.3 is 14.7 Å². The van der Waals surface area contributed by atoms with E-state index in [2.05, 4.69) is 9.80 Å². The fraction of sp³-hybridized carbons (Fsp3) is 0.500. The van der Waals surface area contributed by atoms with E-state index in [1.54, 1.807) is 6.92 Å². The van der Waals surface area contributed by atoms with Crippen LogP contribution in [-0.4, -0.2) is 70.5 Å². The van der Waals surface area contributed by atoms with Crippen LogP contribution in [0.4, 0.5) is 11.5 Å². The maximum Gasteiger partial charge on any atom is 0.227 e. The summed E-state index contributed by atoms with van der Waals surface area (Å²) < 4.78 is 2.01. The first kappa shape index (κ1) is 23.0. The van der Waals surface area contributed by atoms with Crippen molar-refractivity contribution in [3.63, 3.8) is 0 Å². The largest absolute Gasteiger partial charge is 0.368 e. The molecule has 0 saturated carbocycles. The highest BCUT2D eigenvalue weighted by Crippen LogP contribution is 2.32. The SMILES string of the molecule is CC(=O)c1ccc(N2CCN(C(=O)[C@@H]3CCCN(c4nccn5nc6c(c45)CCCC6)C3)CC2)cc1. The molecule has 0 radical (unpaired) electrons. The summed E-state index contributed by atoms with van der Waals surface area (Å²) in [6.45, 7) is 6.32. The van der Waals surface area contributed by atoms with Gasteiger partial charge in [-0.3, -0.25) is 9.59 Å². The molecule has 3 aliphatic rings. The molecule has 0 spiro atoms. The van der Waals surface area contributed by atoms with Crippen molar-refractivity contribution < 1.29 is 9.59 Å². The van der Waals surface area contributed by atoms with Crippen molar-refractivity contribution in [3.8, 4) is 0 Å². The summed E-state index contributed by atoms with van der Waals surface area (Å²) in [5, 5.41) is 4.84. The number of carbonyl (C=O) groups excluding carboxylic acids is 2. The van der Waals surface area contributed by atoms with Crippen LogP contribution in [-0.2, 0) is 17.6 Å². The van der Waals surface area contributed by atoms with E-state index in [1.165, 1.54) is 24.1 Å². The minimum Gasteiger partial charge on any atom is -0.368 e. The summed E-state index contributed by atoms with van der Waals surface area (Å²) in [4.78, 5) is 36.6. The van der Waals surface area contributed by atoms with Gasteiger partial charge in [0.25, 0.3) is 0 Å². The molecule has 2 saturated heterocycles. The van der Waals surface area contributed by atoms with Gasteiger partial charge in [-0.25, -0.2) is 9.50 Å². The van der Waals surface area contributed by atoms with Gasteiger partial charge in [0, 0.05) is 68.5 Å². The third kappa shape index (κ3) is 4.22. The Morgan fingerprint density at radius 3 is 2.47 bits per heavy atom. The highest BCUT2D eigenvalue weighted by Gasteiger charge is 2.33. The lowest BCUT2D eigenvalue weighted by Crippen LogP contribution is -2.52. The molecule has 1 atom stereocenters. The molecule has 2 aliphatic heterocycles. The zero-order valence-corrected chi connectivity index (χ0v) is 21.0. The number of aromatic nitrogens is 3. The highest BCUT2D eigenvalue weighted by atomic mass is 16.2. The van der Waals surface area contributed by atoms with E-state index in [-0.39, 0.29) is 17.6 Å². The van der Waals surface area contributed by atoms with Crippen molar-refractivity contribution in [3.05, 3.63) is 53.5 Å². The predicted octanol–water partition coefficient (Wildman–Crippen LogP) is 3.38. The van der Waals surface area contributed by atoms with Crippen LogP contribution < -0.4 is 9.80 Å². The average molecular weight is 487 g/mol. The van der Waals surface area contributed by atoms with Crippen LogP contribution in [0.2, 0.25) is 0 Å². The molecule has 1 aliphatic carbocycles. The van der Waals surface area contributed by atoms with Crippen molar-refractivity contribution in [2.24, 2.45) is 5.92 Å². The molecular weight excluding hydrogens is 452 g/mol. The van der Waals surface area contributed by atoms with Gasteiger partial charge in [0.05, 0.1) is 11.6 Å². The summed E-state index contributed by atoms with van der Waals surface area (Å²) in [5.74, 6) is 1.34. The number of nitrogens with zero attached hydrogens (tertiary/aromatic N) is 6. The van der Waals surface area contributed by atoms with Crippen LogP contribution >= 0.6 is 0 Å². The molecular formula is C28H34N6O2. The molecule has 4 heterocycles. The normalized spacial score (nSPS) is 20.5. The van der Waals surface area contributed by atoms with E-state index in [0.29, 0.717) is 0 Å². The number of piperidine rings is 1. The van der Waals surface area contributed by atoms with Crippen LogP contribution in [0, 0.1) is 5.92 Å². The molecule has 188 valence electrons. The van der Waals surface area contributed by atoms with Crippen LogP contribution in [0.15, 0.2) is 36.7 Å². The fourth-order valence-corrected chi connectivity index (χ4v) is 6.10. The molecule has 1 aromatic carbocycles. The Hall–Kier alpha value is -3.42. The molecule has 8 heteroatoms. The average Bonchev–Trinajstić information content (AvgIpc) is 3.32. The third-order valence-corrected chi connectivity index (χ3v) is 8.10. The van der Waals surface area contributed by atoms with Gasteiger partial charge in [-0.15, -0.1) is 0 Å². The smallest absolute Gasteiger partial charge is 0.227 e. The number of hydrogen-bond acceptors (Lipinski definition) is 6. The summed E-state index contributed by atoms with van der Waals surface area (Å²) >= 11 is 0. The topological polar surface area (TPSA) is 74.1 Å². The zero-order valence-electron chi connectivity index (χ0n) is 21.0. The summed E-state index contributed by atoms with van der Waals surface area (Å²) in [7, 11) is 0. The van der Waals surface area contributed by atoms with Gasteiger partial charge >= 0.3 is 0 Å². The van der Waals surface area contributed by atoms with E-state index < -0.39 is 0 Å². The second-order valence-corrected chi connectivity index (χ2v) is 10.4. The number of carbonyl (C=O) groups is 2. The molecule has 2 aromatic heterocycles. The minimum atomic E-state index is 0.000883. The van der Waals surface area contributed by atoms with Gasteiger partial charge in [-0.05, 0) is 69.7 Å². The number of aryl methyl sites for hydroxylation is 2. The highest BCUT2D eigenvalue weighted by molar-refractivity contribution is 5.94. The molecule has 1 amide bonds. The van der Waals surface area contributed by atoms with E-state index in [1.807, 2.05) is 46.1 Å². The molecule has 36 heavy (non-hydrogen) atoms. The monoisotopic (exact) mass is 486 g/mol. The van der Waals surface area contributed by atoms with Crippen molar-refractivity contribution in [1.82, 2.24) is 19.5 Å². The molecule has 0 bridgehead atoms. The fourth-order valence-electron chi connectivity index (χ4n) is 6.10. The summed E-state index contributed by atoms with van der Waals surface area (Å²) in [6, 6.07) is 7.79. The van der Waals surface area contributed by atoms with Crippen LogP contribution in [0.5, 0.6) is 0 Å². The van der Waals surface area contributed by atoms with Gasteiger partial charge in [-0.1, -0.05) is 0 Å². The van der Waals surface area contributed by atoms with Crippen LogP contribution in [0.3, 0.4) is 0 Å². The molecule has 6 rings (SSSR count). The number of rotatable bonds is 4. The lowest BCUT2D eigenvalue weighted by atomic mass is 9.94. The summed E-state index contributed by atoms with van der Waals surface area (Å²) in [6.07, 6.45) is 10.2. The molecule has 3 aromatic rings. The Balaban J connectivity index is 1.13. The van der Waals surface area contributed by atoms with E-state index in [0.717, 1.165) is 87.5 Å². The molecule has 0 N–H and O–H groups in total. The van der Waals surface area contributed by atoms with Gasteiger partial charge in [0.15, 0.2) is 11.6 Å². The Labute approximate surface area is 211 Å². The maximum atomic E-state index is 13.5. The molecule has 2 fully saturated rings. The second kappa shape index (κ2) is 9.56. The number of hydrogen-bond donors (Lipinski definition) is 0. The van der Waals surface area contributed by atoms with Crippen molar-refractivity contribution in [2.75, 3.05) is 49.1 Å². The number of anilines is 2. The number of ketones is 1. The Bertz CT molecular complexity index is 1280. The number of Topliss-reactive ketones (excluding diaryl/α,β-unsaturated/α-hetero) is 1. The van der Waals surface area contributed by atoms with Crippen molar-refractivity contribution >= 4 is 28.7 Å². The Morgan fingerprint density at radius 2 is 1.69 bits per heavy atom. The van der Waals surface area contributed by atoms with Crippen LogP contribution in [0.25, 0.3) is 5.52 Å². The van der Waals surface area contributed by atoms with E-state index in [4.69, 9.17) is 10.1 Å². The Kier molecular flexibility index (Phi) is 6.11. The lowest BCUT2D eigenvalue weighted by molar-refractivity contribution is -0.136. The number of amides is 1. The second-order valence-electron chi connectivity index (χ2n) is 10.4. The van der Waals surface area contributed by atoms with Gasteiger partial charge in [-0.2, -0.15) is 5.10 Å². The van der Waals surface area contributed by atoms with Crippen molar-refractivity contribution in [1.29, 1.82) is 0 Å². The van der Waals surface area contributed by atoms with E-state index in [9.17, 15) is 9.59 Å². The van der Waals surface area contributed by atoms with E-state index >= 15 is 0 Å². The first-order valence-corrected chi connectivity index (χ1v) is 13.3. The number of benzene rings is 1. The third-order valence-electron chi connectivity index (χ3n) is 8.10. The maximum absolute atomic E-state index is 13.5. The number of piperazine rings is 1. The Morgan fingerprint density at radius 1 is 0.917 bits per heavy atom. The molecule has 8 nitrogen and oxygen atoms in total. The minimum absolute atomic E-state index is 0.000883. The first-order chi connectivity index (χ1) is 17.6. The number of fused-ring (bicyclic) bond motifs is 3. The van der Waals surface area contributed by atoms with Crippen LogP contribution in [0.1, 0.15) is 54.2 Å². The van der Waals surface area contributed by atoms with Crippen molar-refractivity contribution in [2.45, 2.75) is 45.4 Å². The standard InChI is InChI=1S/C28H34N6O2/c1-20(35)21-8-10-23(11-9-21)31-15-17-32(18-16-31)28(36)22-5-4-13-33(19-22)27-26-24-6-2-3-7-25(24)30-34(26)14-12-29-27/h8-12,14,22H,2-7,13,15-19H2,1H3/t22-/m1/s1. The van der Waals surface area contributed by atoms with Gasteiger partial charge in [0.1, 0.15) is 5.52 Å². The summed E-state index contributed by atoms with van der Waals surface area (Å²) in [5.41, 5.74) is 5.55. The molecule has 0 unspecified atom stereocenters. The lowest BCUT2D eigenvalue weighted by Gasteiger charge is -2.40. The zero-order chi connectivity index (χ0) is 24.6. The predicted molar refractivity (Wildman–Crippen MR) is 140 cm³/mol. The first-order valence-electron chi connectivity index (χ1n) is 13.3. The quantitative estimate of drug-likeness (QED) is 0.527. The van der Waals surface area contributed by atoms with Gasteiger partial charge in [0.2, 0.25) is 5.91 Å².